The summed E-state index contributed by atoms with van der Waals surface area (Å²) in [5.41, 5.74) is 0.841. The number of carbonyl (C=O) groups excluding carboxylic acids is 1. The van der Waals surface area contributed by atoms with E-state index in [0.717, 1.165) is 5.56 Å². The number of carbonyl (C=O) groups is 2. The third-order valence-corrected chi connectivity index (χ3v) is 4.38. The molecule has 126 valence electrons. The van der Waals surface area contributed by atoms with E-state index >= 15 is 0 Å². The minimum absolute atomic E-state index is 0.250. The molecule has 1 heterocycles. The van der Waals surface area contributed by atoms with E-state index in [1.54, 1.807) is 25.1 Å². The second kappa shape index (κ2) is 7.19. The Bertz CT molecular complexity index is 606. The van der Waals surface area contributed by atoms with Gasteiger partial charge in [-0.2, -0.15) is 0 Å². The molecule has 1 amide bonds. The van der Waals surface area contributed by atoms with E-state index in [-0.39, 0.29) is 25.0 Å². The molecule has 0 bridgehead atoms. The van der Waals surface area contributed by atoms with Crippen molar-refractivity contribution >= 4 is 23.5 Å². The molecule has 3 atom stereocenters. The van der Waals surface area contributed by atoms with Gasteiger partial charge in [0.15, 0.2) is 6.10 Å². The number of hydrogen-bond acceptors (Lipinski definition) is 4. The van der Waals surface area contributed by atoms with Crippen molar-refractivity contribution in [2.24, 2.45) is 0 Å². The van der Waals surface area contributed by atoms with Gasteiger partial charge in [-0.25, -0.2) is 4.79 Å². The first-order chi connectivity index (χ1) is 10.8. The first kappa shape index (κ1) is 17.6. The molecular formula is C16H20ClNO5. The molecule has 3 unspecified atom stereocenters. The monoisotopic (exact) mass is 341 g/mol. The van der Waals surface area contributed by atoms with E-state index in [1.807, 2.05) is 6.92 Å². The van der Waals surface area contributed by atoms with Crippen LogP contribution in [0.4, 0.5) is 0 Å². The highest BCUT2D eigenvalue weighted by Gasteiger charge is 2.41. The van der Waals surface area contributed by atoms with Crippen LogP contribution >= 0.6 is 11.6 Å². The van der Waals surface area contributed by atoms with E-state index in [0.29, 0.717) is 10.8 Å². The number of ether oxygens (including phenoxy) is 2. The van der Waals surface area contributed by atoms with Gasteiger partial charge in [0, 0.05) is 25.1 Å². The third kappa shape index (κ3) is 3.95. The summed E-state index contributed by atoms with van der Waals surface area (Å²) in [6, 6.07) is 4.23. The lowest BCUT2D eigenvalue weighted by molar-refractivity contribution is -0.150. The smallest absolute Gasteiger partial charge is 0.326 e. The van der Waals surface area contributed by atoms with Crippen molar-refractivity contribution < 1.29 is 24.2 Å². The summed E-state index contributed by atoms with van der Waals surface area (Å²) >= 11 is 5.96. The van der Waals surface area contributed by atoms with E-state index < -0.39 is 18.1 Å². The maximum Gasteiger partial charge on any atom is 0.326 e. The van der Waals surface area contributed by atoms with Crippen LogP contribution in [0.15, 0.2) is 18.2 Å². The number of carboxylic acid groups (broad SMARTS) is 1. The van der Waals surface area contributed by atoms with Crippen LogP contribution in [0.25, 0.3) is 0 Å². The number of methoxy groups -OCH3 is 1. The number of carboxylic acids is 1. The molecule has 23 heavy (non-hydrogen) atoms. The summed E-state index contributed by atoms with van der Waals surface area (Å²) in [5.74, 6) is -0.890. The average molecular weight is 342 g/mol. The Morgan fingerprint density at radius 3 is 2.70 bits per heavy atom. The van der Waals surface area contributed by atoms with Crippen LogP contribution in [0.1, 0.15) is 18.9 Å². The summed E-state index contributed by atoms with van der Waals surface area (Å²) in [6.45, 7) is 3.69. The SMILES string of the molecule is COC1CC(C(=O)O)N(C(=O)C(C)Oc2ccc(Cl)c(C)c2)C1. The van der Waals surface area contributed by atoms with Gasteiger partial charge in [-0.3, -0.25) is 4.79 Å². The van der Waals surface area contributed by atoms with Gasteiger partial charge < -0.3 is 19.5 Å². The minimum atomic E-state index is -1.03. The topological polar surface area (TPSA) is 76.1 Å². The number of benzene rings is 1. The number of nitrogens with zero attached hydrogens (tertiary/aromatic N) is 1. The summed E-state index contributed by atoms with van der Waals surface area (Å²) < 4.78 is 10.8. The maximum absolute atomic E-state index is 12.5. The minimum Gasteiger partial charge on any atom is -0.481 e. The van der Waals surface area contributed by atoms with Gasteiger partial charge in [-0.1, -0.05) is 11.6 Å². The number of aryl methyl sites for hydroxylation is 1. The van der Waals surface area contributed by atoms with Crippen LogP contribution in [-0.2, 0) is 14.3 Å². The zero-order chi connectivity index (χ0) is 17.1. The van der Waals surface area contributed by atoms with E-state index in [1.165, 1.54) is 12.0 Å². The van der Waals surface area contributed by atoms with Crippen molar-refractivity contribution in [1.82, 2.24) is 4.90 Å². The number of likely N-dealkylation sites (tertiary alicyclic amines) is 1. The quantitative estimate of drug-likeness (QED) is 0.887. The second-order valence-corrected chi connectivity index (χ2v) is 6.02. The average Bonchev–Trinajstić information content (AvgIpc) is 2.94. The van der Waals surface area contributed by atoms with Crippen LogP contribution in [0, 0.1) is 6.92 Å². The molecule has 1 fully saturated rings. The fraction of sp³-hybridized carbons (Fsp3) is 0.500. The van der Waals surface area contributed by atoms with Crippen LogP contribution in [0.5, 0.6) is 5.75 Å². The van der Waals surface area contributed by atoms with Crippen molar-refractivity contribution in [1.29, 1.82) is 0 Å². The van der Waals surface area contributed by atoms with Gasteiger partial charge in [0.25, 0.3) is 5.91 Å². The Morgan fingerprint density at radius 1 is 1.43 bits per heavy atom. The van der Waals surface area contributed by atoms with Crippen molar-refractivity contribution in [2.75, 3.05) is 13.7 Å². The Morgan fingerprint density at radius 2 is 2.13 bits per heavy atom. The second-order valence-electron chi connectivity index (χ2n) is 5.61. The van der Waals surface area contributed by atoms with Gasteiger partial charge in [-0.05, 0) is 37.6 Å². The molecule has 1 aromatic carbocycles. The Hall–Kier alpha value is -1.79. The van der Waals surface area contributed by atoms with Crippen LogP contribution < -0.4 is 4.74 Å². The Balaban J connectivity index is 2.08. The predicted octanol–water partition coefficient (Wildman–Crippen LogP) is 2.12. The van der Waals surface area contributed by atoms with Gasteiger partial charge in [0.1, 0.15) is 11.8 Å². The third-order valence-electron chi connectivity index (χ3n) is 3.95. The normalized spacial score (nSPS) is 22.0. The fourth-order valence-corrected chi connectivity index (χ4v) is 2.74. The Kier molecular flexibility index (Phi) is 5.49. The zero-order valence-electron chi connectivity index (χ0n) is 13.3. The van der Waals surface area contributed by atoms with Gasteiger partial charge >= 0.3 is 5.97 Å². The van der Waals surface area contributed by atoms with Crippen molar-refractivity contribution in [2.45, 2.75) is 38.5 Å². The van der Waals surface area contributed by atoms with Crippen molar-refractivity contribution in [3.05, 3.63) is 28.8 Å². The summed E-state index contributed by atoms with van der Waals surface area (Å²) in [4.78, 5) is 25.2. The standard InChI is InChI=1S/C16H20ClNO5/c1-9-6-11(4-5-13(9)17)23-10(2)15(19)18-8-12(22-3)7-14(18)16(20)21/h4-6,10,12,14H,7-8H2,1-3H3,(H,20,21). The molecule has 0 aromatic heterocycles. The van der Waals surface area contributed by atoms with E-state index in [9.17, 15) is 14.7 Å². The van der Waals surface area contributed by atoms with Crippen LogP contribution in [-0.4, -0.2) is 53.8 Å². The Labute approximate surface area is 139 Å². The molecular weight excluding hydrogens is 322 g/mol. The lowest BCUT2D eigenvalue weighted by Crippen LogP contribution is -2.46. The lowest BCUT2D eigenvalue weighted by atomic mass is 10.2. The molecule has 0 aliphatic carbocycles. The molecule has 0 saturated carbocycles. The summed E-state index contributed by atoms with van der Waals surface area (Å²) in [5, 5.41) is 9.89. The molecule has 1 aliphatic heterocycles. The fourth-order valence-electron chi connectivity index (χ4n) is 2.62. The van der Waals surface area contributed by atoms with Crippen LogP contribution in [0.2, 0.25) is 5.02 Å². The first-order valence-electron chi connectivity index (χ1n) is 7.32. The zero-order valence-corrected chi connectivity index (χ0v) is 14.0. The van der Waals surface area contributed by atoms with E-state index in [4.69, 9.17) is 21.1 Å². The number of amides is 1. The highest BCUT2D eigenvalue weighted by atomic mass is 35.5. The number of halogens is 1. The molecule has 0 radical (unpaired) electrons. The molecule has 1 saturated heterocycles. The number of aliphatic carboxylic acids is 1. The maximum atomic E-state index is 12.5. The van der Waals surface area contributed by atoms with Crippen molar-refractivity contribution in [3.63, 3.8) is 0 Å². The largest absolute Gasteiger partial charge is 0.481 e. The summed E-state index contributed by atoms with van der Waals surface area (Å²) in [6.07, 6.45) is -0.789. The number of rotatable bonds is 5. The molecule has 1 aromatic rings. The molecule has 1 aliphatic rings. The van der Waals surface area contributed by atoms with Gasteiger partial charge in [0.2, 0.25) is 0 Å². The molecule has 1 N–H and O–H groups in total. The highest BCUT2D eigenvalue weighted by molar-refractivity contribution is 6.31. The lowest BCUT2D eigenvalue weighted by Gasteiger charge is -2.25. The van der Waals surface area contributed by atoms with Crippen LogP contribution in [0.3, 0.4) is 0 Å². The molecule has 0 spiro atoms. The van der Waals surface area contributed by atoms with Crippen molar-refractivity contribution in [3.8, 4) is 5.75 Å². The van der Waals surface area contributed by atoms with Gasteiger partial charge in [0.05, 0.1) is 6.10 Å². The molecule has 7 heteroatoms. The number of hydrogen-bond donors (Lipinski definition) is 1. The first-order valence-corrected chi connectivity index (χ1v) is 7.70. The van der Waals surface area contributed by atoms with E-state index in [2.05, 4.69) is 0 Å². The summed E-state index contributed by atoms with van der Waals surface area (Å²) in [7, 11) is 1.51. The van der Waals surface area contributed by atoms with Gasteiger partial charge in [-0.15, -0.1) is 0 Å². The molecule has 2 rings (SSSR count). The predicted molar refractivity (Wildman–Crippen MR) is 84.8 cm³/mol. The highest BCUT2D eigenvalue weighted by Crippen LogP contribution is 2.24. The molecule has 6 nitrogen and oxygen atoms in total.